The zero-order valence-corrected chi connectivity index (χ0v) is 16.1. The Hall–Kier alpha value is -0.920. The summed E-state index contributed by atoms with van der Waals surface area (Å²) >= 11 is 2.26. The maximum Gasteiger partial charge on any atom is 0.338 e. The Morgan fingerprint density at radius 3 is 2.61 bits per heavy atom. The standard InChI is InChI=1S/C18H23IO4/c1-12(19)10-15-16(23-18(3,4)22-15)11-13(2)21-17(20)14-8-6-5-7-9-14/h5-10,13,15-16H,11H2,1-4H3/b12-10+/t13-,15-,16-/m0/s1. The van der Waals surface area contributed by atoms with E-state index in [2.05, 4.69) is 22.6 Å². The molecule has 23 heavy (non-hydrogen) atoms. The van der Waals surface area contributed by atoms with Gasteiger partial charge in [0.15, 0.2) is 5.79 Å². The topological polar surface area (TPSA) is 44.8 Å². The number of allylic oxidation sites excluding steroid dienone is 1. The van der Waals surface area contributed by atoms with Crippen molar-refractivity contribution in [2.24, 2.45) is 0 Å². The number of ether oxygens (including phenoxy) is 3. The highest BCUT2D eigenvalue weighted by Gasteiger charge is 2.41. The van der Waals surface area contributed by atoms with E-state index in [4.69, 9.17) is 14.2 Å². The van der Waals surface area contributed by atoms with E-state index in [0.29, 0.717) is 12.0 Å². The number of carbonyl (C=O) groups is 1. The molecule has 0 radical (unpaired) electrons. The lowest BCUT2D eigenvalue weighted by atomic mass is 10.1. The molecule has 1 aromatic carbocycles. The molecular weight excluding hydrogens is 407 g/mol. The van der Waals surface area contributed by atoms with Gasteiger partial charge in [0.2, 0.25) is 0 Å². The van der Waals surface area contributed by atoms with Crippen molar-refractivity contribution in [1.82, 2.24) is 0 Å². The second kappa shape index (κ2) is 7.77. The van der Waals surface area contributed by atoms with E-state index in [-0.39, 0.29) is 24.3 Å². The molecule has 0 saturated carbocycles. The average molecular weight is 430 g/mol. The fraction of sp³-hybridized carbons (Fsp3) is 0.500. The average Bonchev–Trinajstić information content (AvgIpc) is 2.72. The van der Waals surface area contributed by atoms with E-state index < -0.39 is 5.79 Å². The molecule has 1 heterocycles. The Labute approximate surface area is 151 Å². The van der Waals surface area contributed by atoms with E-state index in [0.717, 1.165) is 3.58 Å². The molecule has 0 aliphatic carbocycles. The third kappa shape index (κ3) is 5.58. The van der Waals surface area contributed by atoms with Crippen LogP contribution < -0.4 is 0 Å². The molecule has 1 aliphatic heterocycles. The van der Waals surface area contributed by atoms with Gasteiger partial charge in [-0.05, 0) is 72.1 Å². The third-order valence-corrected chi connectivity index (χ3v) is 3.86. The van der Waals surface area contributed by atoms with Crippen LogP contribution in [-0.2, 0) is 14.2 Å². The number of hydrogen-bond donors (Lipinski definition) is 0. The summed E-state index contributed by atoms with van der Waals surface area (Å²) in [6.45, 7) is 7.70. The smallest absolute Gasteiger partial charge is 0.338 e. The predicted octanol–water partition coefficient (Wildman–Crippen LogP) is 4.48. The molecule has 0 aromatic heterocycles. The van der Waals surface area contributed by atoms with E-state index in [1.807, 2.05) is 52.0 Å². The molecule has 0 amide bonds. The number of hydrogen-bond acceptors (Lipinski definition) is 4. The Morgan fingerprint density at radius 2 is 2.00 bits per heavy atom. The van der Waals surface area contributed by atoms with E-state index >= 15 is 0 Å². The van der Waals surface area contributed by atoms with Gasteiger partial charge < -0.3 is 14.2 Å². The SMILES string of the molecule is C/C(I)=C\[C@@H]1OC(C)(C)O[C@H]1C[C@H](C)OC(=O)c1ccccc1. The lowest BCUT2D eigenvalue weighted by Gasteiger charge is -2.20. The molecule has 0 bridgehead atoms. The van der Waals surface area contributed by atoms with Crippen LogP contribution in [0, 0.1) is 0 Å². The van der Waals surface area contributed by atoms with Crippen LogP contribution >= 0.6 is 22.6 Å². The quantitative estimate of drug-likeness (QED) is 0.511. The van der Waals surface area contributed by atoms with Gasteiger partial charge >= 0.3 is 5.97 Å². The number of rotatable bonds is 5. The van der Waals surface area contributed by atoms with Crippen molar-refractivity contribution < 1.29 is 19.0 Å². The van der Waals surface area contributed by atoms with Gasteiger partial charge in [0.25, 0.3) is 0 Å². The normalized spacial score (nSPS) is 25.2. The molecule has 2 rings (SSSR count). The summed E-state index contributed by atoms with van der Waals surface area (Å²) in [5.41, 5.74) is 0.558. The monoisotopic (exact) mass is 430 g/mol. The summed E-state index contributed by atoms with van der Waals surface area (Å²) in [4.78, 5) is 12.1. The predicted molar refractivity (Wildman–Crippen MR) is 97.5 cm³/mol. The van der Waals surface area contributed by atoms with Crippen LogP contribution in [0.3, 0.4) is 0 Å². The zero-order chi connectivity index (χ0) is 17.0. The van der Waals surface area contributed by atoms with E-state index in [1.54, 1.807) is 12.1 Å². The van der Waals surface area contributed by atoms with Crippen LogP contribution in [-0.4, -0.2) is 30.1 Å². The minimum atomic E-state index is -0.624. The lowest BCUT2D eigenvalue weighted by molar-refractivity contribution is -0.145. The molecule has 126 valence electrons. The second-order valence-electron chi connectivity index (χ2n) is 6.21. The third-order valence-electron chi connectivity index (χ3n) is 3.50. The molecule has 1 fully saturated rings. The Morgan fingerprint density at radius 1 is 1.35 bits per heavy atom. The van der Waals surface area contributed by atoms with Crippen LogP contribution in [0.5, 0.6) is 0 Å². The van der Waals surface area contributed by atoms with E-state index in [1.165, 1.54) is 0 Å². The van der Waals surface area contributed by atoms with Crippen molar-refractivity contribution in [3.8, 4) is 0 Å². The molecule has 1 saturated heterocycles. The minimum Gasteiger partial charge on any atom is -0.459 e. The largest absolute Gasteiger partial charge is 0.459 e. The number of carbonyl (C=O) groups excluding carboxylic acids is 1. The summed E-state index contributed by atoms with van der Waals surface area (Å²) in [5, 5.41) is 0. The van der Waals surface area contributed by atoms with Gasteiger partial charge in [0.1, 0.15) is 12.2 Å². The molecule has 0 N–H and O–H groups in total. The molecule has 1 aliphatic rings. The molecule has 4 nitrogen and oxygen atoms in total. The summed E-state index contributed by atoms with van der Waals surface area (Å²) < 4.78 is 18.5. The van der Waals surface area contributed by atoms with Gasteiger partial charge in [-0.15, -0.1) is 0 Å². The van der Waals surface area contributed by atoms with Crippen LogP contribution in [0.1, 0.15) is 44.5 Å². The molecule has 0 spiro atoms. The summed E-state index contributed by atoms with van der Waals surface area (Å²) in [7, 11) is 0. The maximum atomic E-state index is 12.1. The highest BCUT2D eigenvalue weighted by Crippen LogP contribution is 2.32. The van der Waals surface area contributed by atoms with Gasteiger partial charge in [-0.25, -0.2) is 4.79 Å². The fourth-order valence-electron chi connectivity index (χ4n) is 2.61. The van der Waals surface area contributed by atoms with Gasteiger partial charge in [0, 0.05) is 6.42 Å². The van der Waals surface area contributed by atoms with Crippen LogP contribution in [0.25, 0.3) is 0 Å². The highest BCUT2D eigenvalue weighted by atomic mass is 127. The summed E-state index contributed by atoms with van der Waals surface area (Å²) in [5.74, 6) is -0.936. The van der Waals surface area contributed by atoms with Crippen LogP contribution in [0.4, 0.5) is 0 Å². The van der Waals surface area contributed by atoms with Crippen LogP contribution in [0.2, 0.25) is 0 Å². The maximum absolute atomic E-state index is 12.1. The van der Waals surface area contributed by atoms with Crippen molar-refractivity contribution in [3.63, 3.8) is 0 Å². The lowest BCUT2D eigenvalue weighted by Crippen LogP contribution is -2.28. The first-order valence-corrected chi connectivity index (χ1v) is 8.80. The molecule has 3 atom stereocenters. The van der Waals surface area contributed by atoms with Gasteiger partial charge in [-0.2, -0.15) is 0 Å². The highest BCUT2D eigenvalue weighted by molar-refractivity contribution is 14.1. The van der Waals surface area contributed by atoms with Crippen LogP contribution in [0.15, 0.2) is 40.0 Å². The Bertz CT molecular complexity index is 564. The van der Waals surface area contributed by atoms with Gasteiger partial charge in [0.05, 0.1) is 11.7 Å². The first kappa shape index (κ1) is 18.4. The van der Waals surface area contributed by atoms with Gasteiger partial charge in [-0.3, -0.25) is 0 Å². The second-order valence-corrected chi connectivity index (χ2v) is 7.91. The summed E-state index contributed by atoms with van der Waals surface area (Å²) in [6.07, 6.45) is 2.13. The number of benzene rings is 1. The minimum absolute atomic E-state index is 0.125. The Kier molecular flexibility index (Phi) is 6.22. The van der Waals surface area contributed by atoms with Crippen molar-refractivity contribution >= 4 is 28.6 Å². The molecule has 0 unspecified atom stereocenters. The molecule has 1 aromatic rings. The van der Waals surface area contributed by atoms with Crippen molar-refractivity contribution in [3.05, 3.63) is 45.6 Å². The van der Waals surface area contributed by atoms with Crippen molar-refractivity contribution in [2.75, 3.05) is 0 Å². The Balaban J connectivity index is 1.97. The van der Waals surface area contributed by atoms with E-state index in [9.17, 15) is 4.79 Å². The summed E-state index contributed by atoms with van der Waals surface area (Å²) in [6, 6.07) is 9.01. The van der Waals surface area contributed by atoms with Gasteiger partial charge in [-0.1, -0.05) is 18.2 Å². The van der Waals surface area contributed by atoms with Crippen molar-refractivity contribution in [1.29, 1.82) is 0 Å². The fourth-order valence-corrected chi connectivity index (χ4v) is 2.97. The first-order chi connectivity index (χ1) is 10.8. The van der Waals surface area contributed by atoms with Crippen molar-refractivity contribution in [2.45, 2.75) is 58.2 Å². The first-order valence-electron chi connectivity index (χ1n) is 7.72. The number of esters is 1. The molecular formula is C18H23IO4. The number of halogens is 1. The molecule has 5 heteroatoms. The zero-order valence-electron chi connectivity index (χ0n) is 13.9.